The van der Waals surface area contributed by atoms with Crippen LogP contribution in [-0.4, -0.2) is 28.3 Å². The Hall–Kier alpha value is -2.72. The SMILES string of the molecule is O=c1[nH]ncc(N2CCC3=C(C2)NNN3Cc2ccccc2C(F)(F)F)c1Cl. The Kier molecular flexibility index (Phi) is 4.68. The quantitative estimate of drug-likeness (QED) is 0.718. The Morgan fingerprint density at radius 1 is 1.25 bits per heavy atom. The van der Waals surface area contributed by atoms with Gasteiger partial charge in [-0.1, -0.05) is 29.8 Å². The topological polar surface area (TPSA) is 76.3 Å². The van der Waals surface area contributed by atoms with Gasteiger partial charge in [0.15, 0.2) is 0 Å². The molecule has 4 rings (SSSR count). The number of rotatable bonds is 3. The molecule has 3 heterocycles. The van der Waals surface area contributed by atoms with E-state index >= 15 is 0 Å². The Balaban J connectivity index is 1.55. The average molecular weight is 413 g/mol. The third-order valence-electron chi connectivity index (χ3n) is 4.75. The van der Waals surface area contributed by atoms with E-state index in [4.69, 9.17) is 11.6 Å². The molecule has 0 saturated carbocycles. The normalized spacial score (nSPS) is 17.0. The Morgan fingerprint density at radius 3 is 2.82 bits per heavy atom. The van der Waals surface area contributed by atoms with E-state index in [1.807, 2.05) is 4.90 Å². The highest BCUT2D eigenvalue weighted by Crippen LogP contribution is 2.34. The van der Waals surface area contributed by atoms with Gasteiger partial charge in [-0.3, -0.25) is 9.80 Å². The molecule has 0 spiro atoms. The summed E-state index contributed by atoms with van der Waals surface area (Å²) in [5.74, 6) is 0. The monoisotopic (exact) mass is 412 g/mol. The zero-order chi connectivity index (χ0) is 19.9. The van der Waals surface area contributed by atoms with Crippen molar-refractivity contribution in [2.24, 2.45) is 0 Å². The van der Waals surface area contributed by atoms with Crippen molar-refractivity contribution in [2.75, 3.05) is 18.0 Å². The minimum Gasteiger partial charge on any atom is -0.363 e. The Bertz CT molecular complexity index is 989. The summed E-state index contributed by atoms with van der Waals surface area (Å²) in [6.07, 6.45) is -2.36. The van der Waals surface area contributed by atoms with E-state index in [-0.39, 0.29) is 17.1 Å². The number of hydrazine groups is 2. The van der Waals surface area contributed by atoms with E-state index in [2.05, 4.69) is 21.2 Å². The number of hydrogen-bond donors (Lipinski definition) is 3. The third kappa shape index (κ3) is 3.40. The van der Waals surface area contributed by atoms with Crippen molar-refractivity contribution >= 4 is 17.3 Å². The van der Waals surface area contributed by atoms with E-state index in [0.717, 1.165) is 17.5 Å². The van der Waals surface area contributed by atoms with Crippen molar-refractivity contribution in [1.29, 1.82) is 0 Å². The highest BCUT2D eigenvalue weighted by molar-refractivity contribution is 6.33. The fourth-order valence-electron chi connectivity index (χ4n) is 3.41. The van der Waals surface area contributed by atoms with Crippen molar-refractivity contribution in [2.45, 2.75) is 19.1 Å². The van der Waals surface area contributed by atoms with Gasteiger partial charge in [0.05, 0.1) is 41.9 Å². The fourth-order valence-corrected chi connectivity index (χ4v) is 3.62. The molecule has 1 aromatic carbocycles. The number of alkyl halides is 3. The first kappa shape index (κ1) is 18.6. The molecule has 1 aromatic heterocycles. The molecular weight excluding hydrogens is 397 g/mol. The number of aromatic amines is 1. The second-order valence-electron chi connectivity index (χ2n) is 6.47. The molecule has 3 N–H and O–H groups in total. The van der Waals surface area contributed by atoms with Gasteiger partial charge in [0.2, 0.25) is 0 Å². The van der Waals surface area contributed by atoms with E-state index in [1.165, 1.54) is 18.3 Å². The number of halogens is 4. The maximum atomic E-state index is 13.2. The summed E-state index contributed by atoms with van der Waals surface area (Å²) in [5, 5.41) is 7.78. The predicted molar refractivity (Wildman–Crippen MR) is 97.0 cm³/mol. The molecular formula is C17H16ClF3N6O. The number of aromatic nitrogens is 2. The zero-order valence-corrected chi connectivity index (χ0v) is 15.2. The first-order chi connectivity index (χ1) is 13.3. The summed E-state index contributed by atoms with van der Waals surface area (Å²) < 4.78 is 39.7. The number of benzene rings is 1. The Labute approximate surface area is 162 Å². The molecule has 0 aliphatic carbocycles. The number of nitrogens with zero attached hydrogens (tertiary/aromatic N) is 3. The van der Waals surface area contributed by atoms with Crippen molar-refractivity contribution in [3.63, 3.8) is 0 Å². The van der Waals surface area contributed by atoms with Gasteiger partial charge in [-0.05, 0) is 11.6 Å². The number of hydrogen-bond acceptors (Lipinski definition) is 6. The summed E-state index contributed by atoms with van der Waals surface area (Å²) >= 11 is 6.07. The van der Waals surface area contributed by atoms with Crippen LogP contribution in [0.3, 0.4) is 0 Å². The summed E-state index contributed by atoms with van der Waals surface area (Å²) in [6, 6.07) is 5.52. The van der Waals surface area contributed by atoms with Crippen LogP contribution in [0, 0.1) is 0 Å². The van der Waals surface area contributed by atoms with E-state index in [1.54, 1.807) is 11.1 Å². The smallest absolute Gasteiger partial charge is 0.363 e. The van der Waals surface area contributed by atoms with Crippen molar-refractivity contribution in [3.05, 3.63) is 68.4 Å². The molecule has 0 fully saturated rings. The van der Waals surface area contributed by atoms with Crippen molar-refractivity contribution < 1.29 is 13.2 Å². The average Bonchev–Trinajstić information content (AvgIpc) is 3.06. The second kappa shape index (κ2) is 7.02. The highest BCUT2D eigenvalue weighted by Gasteiger charge is 2.35. The van der Waals surface area contributed by atoms with Crippen LogP contribution in [0.1, 0.15) is 17.5 Å². The van der Waals surface area contributed by atoms with Gasteiger partial charge in [0.25, 0.3) is 5.56 Å². The minimum atomic E-state index is -4.41. The van der Waals surface area contributed by atoms with E-state index < -0.39 is 17.3 Å². The van der Waals surface area contributed by atoms with Crippen molar-refractivity contribution in [1.82, 2.24) is 26.2 Å². The van der Waals surface area contributed by atoms with E-state index in [0.29, 0.717) is 25.2 Å². The molecule has 148 valence electrons. The summed E-state index contributed by atoms with van der Waals surface area (Å²) in [6.45, 7) is 1.03. The number of anilines is 1. The van der Waals surface area contributed by atoms with Crippen LogP contribution in [0.5, 0.6) is 0 Å². The number of H-pyrrole nitrogens is 1. The molecule has 11 heteroatoms. The van der Waals surface area contributed by atoms with Gasteiger partial charge in [0.1, 0.15) is 5.02 Å². The predicted octanol–water partition coefficient (Wildman–Crippen LogP) is 2.39. The van der Waals surface area contributed by atoms with Crippen LogP contribution in [0.2, 0.25) is 5.02 Å². The lowest BCUT2D eigenvalue weighted by Crippen LogP contribution is -2.38. The summed E-state index contributed by atoms with van der Waals surface area (Å²) in [5.41, 5.74) is 7.19. The molecule has 0 unspecified atom stereocenters. The van der Waals surface area contributed by atoms with Crippen LogP contribution >= 0.6 is 11.6 Å². The lowest BCUT2D eigenvalue weighted by molar-refractivity contribution is -0.138. The molecule has 0 saturated heterocycles. The standard InChI is InChI=1S/C17H16ClF3N6O/c18-15-14(7-22-24-16(15)28)26-6-5-13-12(9-26)23-25-27(13)8-10-3-1-2-4-11(10)17(19,20)21/h1-4,7,23,25H,5-6,8-9H2,(H,24,28). The van der Waals surface area contributed by atoms with Gasteiger partial charge in [-0.2, -0.15) is 18.3 Å². The largest absolute Gasteiger partial charge is 0.416 e. The molecule has 0 bridgehead atoms. The molecule has 2 aromatic rings. The summed E-state index contributed by atoms with van der Waals surface area (Å²) in [7, 11) is 0. The molecule has 0 radical (unpaired) electrons. The first-order valence-corrected chi connectivity index (χ1v) is 8.87. The van der Waals surface area contributed by atoms with Crippen LogP contribution in [-0.2, 0) is 12.7 Å². The lowest BCUT2D eigenvalue weighted by atomic mass is 10.1. The fraction of sp³-hybridized carbons (Fsp3) is 0.294. The van der Waals surface area contributed by atoms with Crippen molar-refractivity contribution in [3.8, 4) is 0 Å². The maximum absolute atomic E-state index is 13.2. The van der Waals surface area contributed by atoms with Crippen LogP contribution < -0.4 is 21.4 Å². The minimum absolute atomic E-state index is 0.0565. The molecule has 0 atom stereocenters. The van der Waals surface area contributed by atoms with Gasteiger partial charge in [-0.15, -0.1) is 5.53 Å². The van der Waals surface area contributed by atoms with Crippen LogP contribution in [0.25, 0.3) is 0 Å². The zero-order valence-electron chi connectivity index (χ0n) is 14.5. The molecule has 28 heavy (non-hydrogen) atoms. The first-order valence-electron chi connectivity index (χ1n) is 8.49. The lowest BCUT2D eigenvalue weighted by Gasteiger charge is -2.31. The third-order valence-corrected chi connectivity index (χ3v) is 5.12. The van der Waals surface area contributed by atoms with Crippen LogP contribution in [0.4, 0.5) is 18.9 Å². The molecule has 2 aliphatic rings. The van der Waals surface area contributed by atoms with Crippen LogP contribution in [0.15, 0.2) is 46.7 Å². The molecule has 0 amide bonds. The molecule has 7 nitrogen and oxygen atoms in total. The molecule has 2 aliphatic heterocycles. The number of nitrogens with one attached hydrogen (secondary N) is 3. The maximum Gasteiger partial charge on any atom is 0.416 e. The van der Waals surface area contributed by atoms with Gasteiger partial charge in [-0.25, -0.2) is 5.10 Å². The van der Waals surface area contributed by atoms with Gasteiger partial charge >= 0.3 is 6.18 Å². The second-order valence-corrected chi connectivity index (χ2v) is 6.85. The van der Waals surface area contributed by atoms with E-state index in [9.17, 15) is 18.0 Å². The van der Waals surface area contributed by atoms with Gasteiger partial charge in [0, 0.05) is 13.0 Å². The highest BCUT2D eigenvalue weighted by atomic mass is 35.5. The summed E-state index contributed by atoms with van der Waals surface area (Å²) in [4.78, 5) is 13.6. The Morgan fingerprint density at radius 2 is 2.04 bits per heavy atom. The van der Waals surface area contributed by atoms with Gasteiger partial charge < -0.3 is 10.3 Å².